The molecule has 0 bridgehead atoms. The van der Waals surface area contributed by atoms with Crippen LogP contribution < -0.4 is 4.74 Å². The van der Waals surface area contributed by atoms with Crippen LogP contribution in [0.2, 0.25) is 0 Å². The monoisotopic (exact) mass is 293 g/mol. The fraction of sp³-hybridized carbons (Fsp3) is 0.647. The van der Waals surface area contributed by atoms with E-state index in [0.29, 0.717) is 12.6 Å². The molecule has 0 amide bonds. The number of aryl methyl sites for hydroxylation is 1. The fourth-order valence-corrected chi connectivity index (χ4v) is 2.61. The topological polar surface area (TPSA) is 41.9 Å². The van der Waals surface area contributed by atoms with Gasteiger partial charge in [-0.1, -0.05) is 12.1 Å². The van der Waals surface area contributed by atoms with Crippen LogP contribution in [0.25, 0.3) is 0 Å². The second kappa shape index (κ2) is 7.25. The van der Waals surface area contributed by atoms with Gasteiger partial charge in [0.15, 0.2) is 0 Å². The van der Waals surface area contributed by atoms with Gasteiger partial charge in [0.25, 0.3) is 0 Å². The Bertz CT molecular complexity index is 459. The van der Waals surface area contributed by atoms with E-state index in [0.717, 1.165) is 36.6 Å². The molecular weight excluding hydrogens is 266 g/mol. The van der Waals surface area contributed by atoms with Crippen molar-refractivity contribution in [2.75, 3.05) is 26.3 Å². The van der Waals surface area contributed by atoms with Crippen LogP contribution in [0.5, 0.6) is 5.75 Å². The average Bonchev–Trinajstić information content (AvgIpc) is 2.45. The number of hydrogen-bond donors (Lipinski definition) is 1. The van der Waals surface area contributed by atoms with Gasteiger partial charge in [-0.15, -0.1) is 0 Å². The normalized spacial score (nSPS) is 21.5. The second-order valence-electron chi connectivity index (χ2n) is 6.11. The number of morpholine rings is 1. The Morgan fingerprint density at radius 2 is 2.14 bits per heavy atom. The van der Waals surface area contributed by atoms with Crippen molar-refractivity contribution in [1.82, 2.24) is 4.90 Å². The van der Waals surface area contributed by atoms with Crippen LogP contribution in [-0.4, -0.2) is 48.5 Å². The lowest BCUT2D eigenvalue weighted by Crippen LogP contribution is -2.47. The number of benzene rings is 1. The zero-order valence-electron chi connectivity index (χ0n) is 13.5. The molecule has 1 aliphatic rings. The highest BCUT2D eigenvalue weighted by molar-refractivity contribution is 5.38. The molecule has 1 aromatic rings. The molecule has 1 saturated heterocycles. The van der Waals surface area contributed by atoms with Crippen LogP contribution >= 0.6 is 0 Å². The molecule has 0 spiro atoms. The molecule has 4 nitrogen and oxygen atoms in total. The van der Waals surface area contributed by atoms with Gasteiger partial charge in [-0.05, 0) is 39.3 Å². The van der Waals surface area contributed by atoms with E-state index >= 15 is 0 Å². The third kappa shape index (κ3) is 4.43. The van der Waals surface area contributed by atoms with Gasteiger partial charge in [0.05, 0.1) is 12.7 Å². The summed E-state index contributed by atoms with van der Waals surface area (Å²) < 4.78 is 11.7. The number of aliphatic hydroxyl groups excluding tert-OH is 1. The molecule has 1 aliphatic heterocycles. The van der Waals surface area contributed by atoms with Crippen molar-refractivity contribution in [2.45, 2.75) is 45.9 Å². The minimum Gasteiger partial charge on any atom is -0.490 e. The highest BCUT2D eigenvalue weighted by atomic mass is 16.5. The molecule has 0 saturated carbocycles. The highest BCUT2D eigenvalue weighted by Gasteiger charge is 2.23. The van der Waals surface area contributed by atoms with Gasteiger partial charge >= 0.3 is 0 Å². The Morgan fingerprint density at radius 1 is 1.38 bits per heavy atom. The summed E-state index contributed by atoms with van der Waals surface area (Å²) >= 11 is 0. The van der Waals surface area contributed by atoms with E-state index in [1.807, 2.05) is 25.1 Å². The van der Waals surface area contributed by atoms with Crippen LogP contribution in [0.15, 0.2) is 18.2 Å². The molecule has 0 aromatic heterocycles. The maximum absolute atomic E-state index is 9.83. The van der Waals surface area contributed by atoms with Gasteiger partial charge in [-0.25, -0.2) is 0 Å². The molecule has 2 rings (SSSR count). The molecule has 0 radical (unpaired) electrons. The number of hydrogen-bond acceptors (Lipinski definition) is 4. The van der Waals surface area contributed by atoms with Crippen molar-refractivity contribution in [3.8, 4) is 5.75 Å². The molecule has 118 valence electrons. The molecule has 1 heterocycles. The molecule has 4 heteroatoms. The molecule has 2 atom stereocenters. The van der Waals surface area contributed by atoms with Gasteiger partial charge in [0.2, 0.25) is 0 Å². The maximum Gasteiger partial charge on any atom is 0.125 e. The quantitative estimate of drug-likeness (QED) is 0.906. The predicted molar refractivity (Wildman–Crippen MR) is 83.8 cm³/mol. The van der Waals surface area contributed by atoms with E-state index in [2.05, 4.69) is 18.7 Å². The summed E-state index contributed by atoms with van der Waals surface area (Å²) in [5, 5.41) is 9.83. The number of aliphatic hydroxyl groups is 1. The smallest absolute Gasteiger partial charge is 0.125 e. The molecule has 21 heavy (non-hydrogen) atoms. The SMILES string of the molecule is Cc1ccc([C@@H](C)O)c(OCC2CN(C(C)C)CCO2)c1. The van der Waals surface area contributed by atoms with E-state index in [1.54, 1.807) is 6.92 Å². The number of nitrogens with zero attached hydrogens (tertiary/aromatic N) is 1. The van der Waals surface area contributed by atoms with Crippen LogP contribution in [0.3, 0.4) is 0 Å². The Balaban J connectivity index is 1.98. The largest absolute Gasteiger partial charge is 0.490 e. The zero-order valence-corrected chi connectivity index (χ0v) is 13.5. The zero-order chi connectivity index (χ0) is 15.4. The van der Waals surface area contributed by atoms with Crippen LogP contribution in [0.4, 0.5) is 0 Å². The summed E-state index contributed by atoms with van der Waals surface area (Å²) in [6, 6.07) is 6.43. The highest BCUT2D eigenvalue weighted by Crippen LogP contribution is 2.26. The van der Waals surface area contributed by atoms with Crippen LogP contribution in [0.1, 0.15) is 38.0 Å². The fourth-order valence-electron chi connectivity index (χ4n) is 2.61. The van der Waals surface area contributed by atoms with Crippen molar-refractivity contribution in [2.24, 2.45) is 0 Å². The van der Waals surface area contributed by atoms with Crippen molar-refractivity contribution >= 4 is 0 Å². The molecule has 1 aromatic carbocycles. The standard InChI is InChI=1S/C17H27NO3/c1-12(2)18-7-8-20-15(10-18)11-21-17-9-13(3)5-6-16(17)14(4)19/h5-6,9,12,14-15,19H,7-8,10-11H2,1-4H3/t14-,15?/m1/s1. The van der Waals surface area contributed by atoms with Gasteiger partial charge in [0.1, 0.15) is 18.5 Å². The summed E-state index contributed by atoms with van der Waals surface area (Å²) in [5.41, 5.74) is 1.96. The van der Waals surface area contributed by atoms with Gasteiger partial charge in [0, 0.05) is 24.7 Å². The first kappa shape index (κ1) is 16.3. The van der Waals surface area contributed by atoms with Crippen LogP contribution in [0, 0.1) is 6.92 Å². The minimum atomic E-state index is -0.528. The lowest BCUT2D eigenvalue weighted by atomic mass is 10.1. The first-order valence-corrected chi connectivity index (χ1v) is 7.74. The molecule has 1 unspecified atom stereocenters. The predicted octanol–water partition coefficient (Wildman–Crippen LogP) is 2.54. The lowest BCUT2D eigenvalue weighted by Gasteiger charge is -2.35. The maximum atomic E-state index is 9.83. The van der Waals surface area contributed by atoms with Crippen molar-refractivity contribution in [3.63, 3.8) is 0 Å². The second-order valence-corrected chi connectivity index (χ2v) is 6.11. The van der Waals surface area contributed by atoms with Crippen molar-refractivity contribution < 1.29 is 14.6 Å². The van der Waals surface area contributed by atoms with E-state index in [-0.39, 0.29) is 6.10 Å². The van der Waals surface area contributed by atoms with Gasteiger partial charge < -0.3 is 14.6 Å². The third-order valence-corrected chi connectivity index (χ3v) is 3.94. The van der Waals surface area contributed by atoms with E-state index < -0.39 is 6.10 Å². The minimum absolute atomic E-state index is 0.0866. The first-order chi connectivity index (χ1) is 9.97. The Kier molecular flexibility index (Phi) is 5.62. The first-order valence-electron chi connectivity index (χ1n) is 7.74. The Morgan fingerprint density at radius 3 is 2.81 bits per heavy atom. The summed E-state index contributed by atoms with van der Waals surface area (Å²) in [6.07, 6.45) is -0.441. The molecule has 1 fully saturated rings. The van der Waals surface area contributed by atoms with Gasteiger partial charge in [-0.2, -0.15) is 0 Å². The molecule has 1 N–H and O–H groups in total. The summed E-state index contributed by atoms with van der Waals surface area (Å²) in [4.78, 5) is 2.41. The molecular formula is C17H27NO3. The van der Waals surface area contributed by atoms with Crippen molar-refractivity contribution in [3.05, 3.63) is 29.3 Å². The van der Waals surface area contributed by atoms with Crippen LogP contribution in [-0.2, 0) is 4.74 Å². The van der Waals surface area contributed by atoms with E-state index in [4.69, 9.17) is 9.47 Å². The number of rotatable bonds is 5. The summed E-state index contributed by atoms with van der Waals surface area (Å²) in [6.45, 7) is 11.3. The van der Waals surface area contributed by atoms with Crippen molar-refractivity contribution in [1.29, 1.82) is 0 Å². The third-order valence-electron chi connectivity index (χ3n) is 3.94. The molecule has 0 aliphatic carbocycles. The van der Waals surface area contributed by atoms with E-state index in [9.17, 15) is 5.11 Å². The summed E-state index contributed by atoms with van der Waals surface area (Å²) in [7, 11) is 0. The average molecular weight is 293 g/mol. The number of ether oxygens (including phenoxy) is 2. The lowest BCUT2D eigenvalue weighted by molar-refractivity contribution is -0.0567. The Hall–Kier alpha value is -1.10. The summed E-state index contributed by atoms with van der Waals surface area (Å²) in [5.74, 6) is 0.760. The Labute approximate surface area is 127 Å². The van der Waals surface area contributed by atoms with Gasteiger partial charge in [-0.3, -0.25) is 4.90 Å². The van der Waals surface area contributed by atoms with E-state index in [1.165, 1.54) is 0 Å².